The van der Waals surface area contributed by atoms with Crippen LogP contribution < -0.4 is 11.3 Å². The van der Waals surface area contributed by atoms with E-state index in [2.05, 4.69) is 41.8 Å². The number of hydrazine groups is 1. The van der Waals surface area contributed by atoms with Gasteiger partial charge in [0.2, 0.25) is 0 Å². The van der Waals surface area contributed by atoms with E-state index in [1.807, 2.05) is 11.8 Å². The highest BCUT2D eigenvalue weighted by atomic mass is 32.2. The lowest BCUT2D eigenvalue weighted by molar-refractivity contribution is 0.567. The lowest BCUT2D eigenvalue weighted by Crippen LogP contribution is -2.38. The van der Waals surface area contributed by atoms with Crippen molar-refractivity contribution >= 4 is 11.8 Å². The first-order chi connectivity index (χ1) is 9.40. The van der Waals surface area contributed by atoms with Crippen LogP contribution in [0.25, 0.3) is 0 Å². The van der Waals surface area contributed by atoms with Gasteiger partial charge in [-0.3, -0.25) is 11.3 Å². The van der Waals surface area contributed by atoms with Crippen LogP contribution in [0.4, 0.5) is 0 Å². The quantitative estimate of drug-likeness (QED) is 0.371. The van der Waals surface area contributed by atoms with Gasteiger partial charge in [-0.25, -0.2) is 0 Å². The number of hydrogen-bond acceptors (Lipinski definition) is 3. The monoisotopic (exact) mass is 276 g/mol. The Kier molecular flexibility index (Phi) is 6.48. The summed E-state index contributed by atoms with van der Waals surface area (Å²) in [6.45, 7) is 0. The molecule has 1 aliphatic rings. The number of nitrogens with one attached hydrogen (secondary N) is 1. The van der Waals surface area contributed by atoms with Crippen molar-refractivity contribution in [3.05, 3.63) is 42.0 Å². The lowest BCUT2D eigenvalue weighted by atomic mass is 9.96. The van der Waals surface area contributed by atoms with E-state index in [0.717, 1.165) is 5.75 Å². The van der Waals surface area contributed by atoms with Gasteiger partial charge in [0, 0.05) is 10.6 Å². The number of thioether (sulfide) groups is 1. The largest absolute Gasteiger partial charge is 0.271 e. The Morgan fingerprint density at radius 2 is 1.89 bits per heavy atom. The van der Waals surface area contributed by atoms with Gasteiger partial charge < -0.3 is 0 Å². The fraction of sp³-hybridized carbons (Fsp3) is 0.500. The summed E-state index contributed by atoms with van der Waals surface area (Å²) in [5.74, 6) is 6.76. The van der Waals surface area contributed by atoms with Gasteiger partial charge in [-0.2, -0.15) is 0 Å². The molecule has 0 amide bonds. The van der Waals surface area contributed by atoms with Crippen LogP contribution in [0.3, 0.4) is 0 Å². The molecule has 2 rings (SSSR count). The summed E-state index contributed by atoms with van der Waals surface area (Å²) < 4.78 is 0. The number of hydrogen-bond donors (Lipinski definition) is 2. The molecule has 0 heterocycles. The zero-order valence-electron chi connectivity index (χ0n) is 11.5. The molecule has 0 aromatic heterocycles. The highest BCUT2D eigenvalue weighted by Gasteiger charge is 2.14. The molecule has 1 unspecified atom stereocenters. The Labute approximate surface area is 120 Å². The minimum Gasteiger partial charge on any atom is -0.271 e. The van der Waals surface area contributed by atoms with Crippen molar-refractivity contribution < 1.29 is 0 Å². The third-order valence-corrected chi connectivity index (χ3v) is 4.74. The fourth-order valence-electron chi connectivity index (χ4n) is 2.49. The van der Waals surface area contributed by atoms with Crippen LogP contribution in [0, 0.1) is 0 Å². The molecule has 0 saturated heterocycles. The van der Waals surface area contributed by atoms with Gasteiger partial charge in [0.05, 0.1) is 6.04 Å². The summed E-state index contributed by atoms with van der Waals surface area (Å²) in [7, 11) is 0. The summed E-state index contributed by atoms with van der Waals surface area (Å²) in [5, 5.41) is 0. The molecular weight excluding hydrogens is 252 g/mol. The van der Waals surface area contributed by atoms with Crippen molar-refractivity contribution in [3.63, 3.8) is 0 Å². The van der Waals surface area contributed by atoms with Gasteiger partial charge in [0.1, 0.15) is 0 Å². The highest BCUT2D eigenvalue weighted by Crippen LogP contribution is 2.24. The number of benzene rings is 1. The molecule has 0 saturated carbocycles. The topological polar surface area (TPSA) is 38.0 Å². The zero-order valence-corrected chi connectivity index (χ0v) is 12.3. The summed E-state index contributed by atoms with van der Waals surface area (Å²) >= 11 is 1.88. The SMILES string of the molecule is NNC(CSc1ccccc1)/C1=C/CCCCCC1. The van der Waals surface area contributed by atoms with Crippen LogP contribution in [0.15, 0.2) is 46.9 Å². The molecule has 0 spiro atoms. The van der Waals surface area contributed by atoms with E-state index in [4.69, 9.17) is 5.84 Å². The van der Waals surface area contributed by atoms with E-state index in [-0.39, 0.29) is 0 Å². The fourth-order valence-corrected chi connectivity index (χ4v) is 3.51. The maximum Gasteiger partial charge on any atom is 0.0513 e. The van der Waals surface area contributed by atoms with Crippen molar-refractivity contribution in [3.8, 4) is 0 Å². The molecule has 0 radical (unpaired) electrons. The predicted molar refractivity (Wildman–Crippen MR) is 84.1 cm³/mol. The van der Waals surface area contributed by atoms with Gasteiger partial charge in [0.25, 0.3) is 0 Å². The molecule has 0 bridgehead atoms. The Morgan fingerprint density at radius 3 is 2.68 bits per heavy atom. The smallest absolute Gasteiger partial charge is 0.0513 e. The molecule has 2 nitrogen and oxygen atoms in total. The Bertz CT molecular complexity index is 389. The van der Waals surface area contributed by atoms with E-state index < -0.39 is 0 Å². The van der Waals surface area contributed by atoms with E-state index >= 15 is 0 Å². The number of rotatable bonds is 5. The average Bonchev–Trinajstić information content (AvgIpc) is 2.42. The maximum absolute atomic E-state index is 5.75. The molecule has 3 N–H and O–H groups in total. The molecule has 19 heavy (non-hydrogen) atoms. The Hall–Kier alpha value is -0.770. The van der Waals surface area contributed by atoms with E-state index in [9.17, 15) is 0 Å². The second-order valence-electron chi connectivity index (χ2n) is 5.08. The van der Waals surface area contributed by atoms with E-state index in [1.54, 1.807) is 0 Å². The maximum atomic E-state index is 5.75. The van der Waals surface area contributed by atoms with Gasteiger partial charge >= 0.3 is 0 Å². The van der Waals surface area contributed by atoms with Gasteiger partial charge in [-0.1, -0.05) is 42.7 Å². The van der Waals surface area contributed by atoms with Crippen LogP contribution in [0.5, 0.6) is 0 Å². The first-order valence-electron chi connectivity index (χ1n) is 7.23. The molecule has 1 aromatic rings. The summed E-state index contributed by atoms with van der Waals surface area (Å²) in [6, 6.07) is 10.9. The third-order valence-electron chi connectivity index (χ3n) is 3.63. The molecule has 3 heteroatoms. The standard InChI is InChI=1S/C16H24N2S/c17-18-16(13-19-15-11-7-4-8-12-15)14-9-5-2-1-3-6-10-14/h4,7-9,11-12,16,18H,1-3,5-6,10,13,17H2/b14-9+. The molecular formula is C16H24N2S. The molecule has 0 fully saturated rings. The van der Waals surface area contributed by atoms with Gasteiger partial charge in [-0.15, -0.1) is 11.8 Å². The first-order valence-corrected chi connectivity index (χ1v) is 8.21. The Balaban J connectivity index is 1.91. The summed E-state index contributed by atoms with van der Waals surface area (Å²) in [5.41, 5.74) is 4.51. The van der Waals surface area contributed by atoms with Crippen LogP contribution >= 0.6 is 11.8 Å². The first kappa shape index (κ1) is 14.6. The van der Waals surface area contributed by atoms with Crippen molar-refractivity contribution in [1.82, 2.24) is 5.43 Å². The van der Waals surface area contributed by atoms with Crippen molar-refractivity contribution in [1.29, 1.82) is 0 Å². The molecule has 1 aliphatic carbocycles. The molecule has 1 atom stereocenters. The van der Waals surface area contributed by atoms with E-state index in [1.165, 1.54) is 49.0 Å². The zero-order chi connectivity index (χ0) is 13.3. The van der Waals surface area contributed by atoms with E-state index in [0.29, 0.717) is 6.04 Å². The molecule has 104 valence electrons. The predicted octanol–water partition coefficient (Wildman–Crippen LogP) is 3.89. The summed E-state index contributed by atoms with van der Waals surface area (Å²) in [4.78, 5) is 1.31. The van der Waals surface area contributed by atoms with Crippen molar-refractivity contribution in [2.75, 3.05) is 5.75 Å². The molecule has 0 aliphatic heterocycles. The Morgan fingerprint density at radius 1 is 1.11 bits per heavy atom. The van der Waals surface area contributed by atoms with Gasteiger partial charge in [-0.05, 0) is 37.8 Å². The second-order valence-corrected chi connectivity index (χ2v) is 6.17. The number of nitrogens with two attached hydrogens (primary N) is 1. The van der Waals surface area contributed by atoms with Crippen LogP contribution in [0.2, 0.25) is 0 Å². The van der Waals surface area contributed by atoms with Crippen LogP contribution in [-0.2, 0) is 0 Å². The lowest BCUT2D eigenvalue weighted by Gasteiger charge is -2.21. The highest BCUT2D eigenvalue weighted by molar-refractivity contribution is 7.99. The minimum absolute atomic E-state index is 0.309. The second kappa shape index (κ2) is 8.41. The third kappa shape index (κ3) is 5.01. The average molecular weight is 276 g/mol. The van der Waals surface area contributed by atoms with Crippen LogP contribution in [-0.4, -0.2) is 11.8 Å². The van der Waals surface area contributed by atoms with Crippen molar-refractivity contribution in [2.24, 2.45) is 5.84 Å². The van der Waals surface area contributed by atoms with Crippen molar-refractivity contribution in [2.45, 2.75) is 49.5 Å². The minimum atomic E-state index is 0.309. The summed E-state index contributed by atoms with van der Waals surface area (Å²) in [6.07, 6.45) is 10.2. The molecule has 1 aromatic carbocycles. The van der Waals surface area contributed by atoms with Crippen LogP contribution in [0.1, 0.15) is 38.5 Å². The number of allylic oxidation sites excluding steroid dienone is 1. The normalized spacial score (nSPS) is 21.0. The van der Waals surface area contributed by atoms with Gasteiger partial charge in [0.15, 0.2) is 0 Å².